The molecule has 1 saturated heterocycles. The van der Waals surface area contributed by atoms with E-state index in [2.05, 4.69) is 21.8 Å². The van der Waals surface area contributed by atoms with E-state index >= 15 is 0 Å². The van der Waals surface area contributed by atoms with E-state index in [4.69, 9.17) is 4.74 Å². The molecule has 1 aliphatic rings. The van der Waals surface area contributed by atoms with E-state index < -0.39 is 19.3 Å². The third kappa shape index (κ3) is 3.21. The van der Waals surface area contributed by atoms with Gasteiger partial charge in [0.05, 0.1) is 29.7 Å². The van der Waals surface area contributed by atoms with E-state index in [1.165, 1.54) is 6.33 Å². The van der Waals surface area contributed by atoms with Crippen LogP contribution < -0.4 is 4.90 Å². The largest absolute Gasteiger partial charge is 0.377 e. The Balaban J connectivity index is 2.43. The molecule has 23 heavy (non-hydrogen) atoms. The minimum absolute atomic E-state index is 0.203. The molecular formula is C16H27N3O3S. The standard InChI is InChI=1S/C16H27N3O3S/c1-12-10-22-8-7-19(12)14-9-13(17-11-18-14)16(5,6)23(20,21)15(2,3)4/h9,11-12H,7-8,10H2,1-6H3/t12-/m0/s1. The molecule has 1 aliphatic heterocycles. The van der Waals surface area contributed by atoms with E-state index in [9.17, 15) is 8.42 Å². The second-order valence-corrected chi connectivity index (χ2v) is 10.8. The Morgan fingerprint density at radius 3 is 2.43 bits per heavy atom. The number of anilines is 1. The summed E-state index contributed by atoms with van der Waals surface area (Å²) in [5.41, 5.74) is 0.524. The smallest absolute Gasteiger partial charge is 0.166 e. The molecule has 1 atom stereocenters. The van der Waals surface area contributed by atoms with Crippen LogP contribution in [0.3, 0.4) is 0 Å². The molecule has 1 fully saturated rings. The number of hydrogen-bond donors (Lipinski definition) is 0. The maximum atomic E-state index is 12.9. The molecular weight excluding hydrogens is 314 g/mol. The van der Waals surface area contributed by atoms with Crippen molar-refractivity contribution in [3.8, 4) is 0 Å². The fourth-order valence-corrected chi connectivity index (χ4v) is 4.72. The highest BCUT2D eigenvalue weighted by Gasteiger charge is 2.45. The molecule has 0 saturated carbocycles. The van der Waals surface area contributed by atoms with Crippen molar-refractivity contribution in [2.75, 3.05) is 24.7 Å². The summed E-state index contributed by atoms with van der Waals surface area (Å²) in [6.07, 6.45) is 1.45. The van der Waals surface area contributed by atoms with Gasteiger partial charge in [-0.3, -0.25) is 0 Å². The number of sulfone groups is 1. The molecule has 0 amide bonds. The summed E-state index contributed by atoms with van der Waals surface area (Å²) >= 11 is 0. The van der Waals surface area contributed by atoms with Crippen LogP contribution in [0.4, 0.5) is 5.82 Å². The predicted molar refractivity (Wildman–Crippen MR) is 91.4 cm³/mol. The maximum Gasteiger partial charge on any atom is 0.166 e. The Kier molecular flexibility index (Phi) is 4.74. The van der Waals surface area contributed by atoms with Crippen LogP contribution in [0.25, 0.3) is 0 Å². The van der Waals surface area contributed by atoms with Crippen molar-refractivity contribution in [1.82, 2.24) is 9.97 Å². The fraction of sp³-hybridized carbons (Fsp3) is 0.750. The summed E-state index contributed by atoms with van der Waals surface area (Å²) in [5.74, 6) is 0.753. The van der Waals surface area contributed by atoms with Gasteiger partial charge in [-0.2, -0.15) is 0 Å². The molecule has 130 valence electrons. The van der Waals surface area contributed by atoms with Gasteiger partial charge >= 0.3 is 0 Å². The fourth-order valence-electron chi connectivity index (χ4n) is 2.80. The lowest BCUT2D eigenvalue weighted by Gasteiger charge is -2.36. The predicted octanol–water partition coefficient (Wildman–Crippen LogP) is 2.15. The van der Waals surface area contributed by atoms with Crippen LogP contribution in [0.15, 0.2) is 12.4 Å². The minimum Gasteiger partial charge on any atom is -0.377 e. The summed E-state index contributed by atoms with van der Waals surface area (Å²) in [6, 6.07) is 2.00. The van der Waals surface area contributed by atoms with Crippen LogP contribution in [0.2, 0.25) is 0 Å². The molecule has 0 N–H and O–H groups in total. The lowest BCUT2D eigenvalue weighted by atomic mass is 10.1. The van der Waals surface area contributed by atoms with Crippen LogP contribution in [0.1, 0.15) is 47.2 Å². The number of rotatable bonds is 3. The first kappa shape index (κ1) is 18.1. The Bertz CT molecular complexity index is 665. The van der Waals surface area contributed by atoms with Crippen LogP contribution in [-0.2, 0) is 19.3 Å². The van der Waals surface area contributed by atoms with Crippen molar-refractivity contribution < 1.29 is 13.2 Å². The van der Waals surface area contributed by atoms with Gasteiger partial charge in [-0.15, -0.1) is 0 Å². The summed E-state index contributed by atoms with van der Waals surface area (Å²) in [6.45, 7) is 12.7. The molecule has 0 radical (unpaired) electrons. The Labute approximate surface area is 139 Å². The Morgan fingerprint density at radius 2 is 1.87 bits per heavy atom. The first-order chi connectivity index (χ1) is 10.5. The number of aromatic nitrogens is 2. The highest BCUT2D eigenvalue weighted by atomic mass is 32.2. The zero-order valence-electron chi connectivity index (χ0n) is 14.8. The summed E-state index contributed by atoms with van der Waals surface area (Å²) in [4.78, 5) is 10.7. The molecule has 2 rings (SSSR count). The van der Waals surface area contributed by atoms with Gasteiger partial charge in [-0.1, -0.05) is 0 Å². The van der Waals surface area contributed by atoms with Crippen LogP contribution >= 0.6 is 0 Å². The number of hydrogen-bond acceptors (Lipinski definition) is 6. The van der Waals surface area contributed by atoms with Crippen LogP contribution in [0, 0.1) is 0 Å². The van der Waals surface area contributed by atoms with Crippen molar-refractivity contribution >= 4 is 15.7 Å². The van der Waals surface area contributed by atoms with Crippen molar-refractivity contribution in [1.29, 1.82) is 0 Å². The van der Waals surface area contributed by atoms with Crippen molar-refractivity contribution in [2.45, 2.75) is 57.1 Å². The van der Waals surface area contributed by atoms with E-state index in [1.54, 1.807) is 40.7 Å². The minimum atomic E-state index is -3.42. The Morgan fingerprint density at radius 1 is 1.22 bits per heavy atom. The lowest BCUT2D eigenvalue weighted by Crippen LogP contribution is -2.45. The van der Waals surface area contributed by atoms with Gasteiger partial charge in [0.15, 0.2) is 9.84 Å². The van der Waals surface area contributed by atoms with Gasteiger partial charge in [0, 0.05) is 12.6 Å². The molecule has 1 aromatic rings. The average molecular weight is 341 g/mol. The molecule has 0 unspecified atom stereocenters. The zero-order chi connectivity index (χ0) is 17.5. The Hall–Kier alpha value is -1.21. The van der Waals surface area contributed by atoms with Crippen molar-refractivity contribution in [2.24, 2.45) is 0 Å². The van der Waals surface area contributed by atoms with Crippen LogP contribution in [-0.4, -0.2) is 48.9 Å². The van der Waals surface area contributed by atoms with Crippen molar-refractivity contribution in [3.05, 3.63) is 18.1 Å². The second-order valence-electron chi connectivity index (χ2n) is 7.50. The lowest BCUT2D eigenvalue weighted by molar-refractivity contribution is 0.0985. The van der Waals surface area contributed by atoms with Crippen LogP contribution in [0.5, 0.6) is 0 Å². The number of nitrogens with zero attached hydrogens (tertiary/aromatic N) is 3. The second kappa shape index (κ2) is 6.02. The normalized spacial score (nSPS) is 20.6. The maximum absolute atomic E-state index is 12.9. The van der Waals surface area contributed by atoms with Gasteiger partial charge in [0.2, 0.25) is 0 Å². The average Bonchev–Trinajstić information content (AvgIpc) is 2.46. The highest BCUT2D eigenvalue weighted by molar-refractivity contribution is 7.93. The third-order valence-electron chi connectivity index (χ3n) is 4.41. The molecule has 0 bridgehead atoms. The highest BCUT2D eigenvalue weighted by Crippen LogP contribution is 2.37. The first-order valence-electron chi connectivity index (χ1n) is 7.89. The summed E-state index contributed by atoms with van der Waals surface area (Å²) in [7, 11) is -3.42. The van der Waals surface area contributed by atoms with E-state index in [1.807, 2.05) is 0 Å². The quantitative estimate of drug-likeness (QED) is 0.839. The zero-order valence-corrected chi connectivity index (χ0v) is 15.6. The van der Waals surface area contributed by atoms with Gasteiger partial charge in [0.25, 0.3) is 0 Å². The van der Waals surface area contributed by atoms with Gasteiger partial charge in [0.1, 0.15) is 16.9 Å². The van der Waals surface area contributed by atoms with E-state index in [0.29, 0.717) is 18.9 Å². The summed E-state index contributed by atoms with van der Waals surface area (Å²) in [5, 5.41) is 0. The monoisotopic (exact) mass is 341 g/mol. The van der Waals surface area contributed by atoms with Crippen molar-refractivity contribution in [3.63, 3.8) is 0 Å². The molecule has 2 heterocycles. The van der Waals surface area contributed by atoms with Gasteiger partial charge in [-0.05, 0) is 41.5 Å². The van der Waals surface area contributed by atoms with E-state index in [-0.39, 0.29) is 6.04 Å². The molecule has 7 heteroatoms. The topological polar surface area (TPSA) is 72.4 Å². The number of morpholine rings is 1. The molecule has 0 aliphatic carbocycles. The third-order valence-corrected chi connectivity index (χ3v) is 7.57. The molecule has 0 spiro atoms. The molecule has 1 aromatic heterocycles. The van der Waals surface area contributed by atoms with Gasteiger partial charge in [-0.25, -0.2) is 18.4 Å². The first-order valence-corrected chi connectivity index (χ1v) is 9.38. The van der Waals surface area contributed by atoms with Gasteiger partial charge < -0.3 is 9.64 Å². The molecule has 6 nitrogen and oxygen atoms in total. The van der Waals surface area contributed by atoms with E-state index in [0.717, 1.165) is 12.4 Å². The number of ether oxygens (including phenoxy) is 1. The molecule has 0 aromatic carbocycles. The SMILES string of the molecule is C[C@H]1COCCN1c1cc(C(C)(C)S(=O)(=O)C(C)(C)C)ncn1. The summed E-state index contributed by atoms with van der Waals surface area (Å²) < 4.78 is 29.4.